The molecule has 0 fully saturated rings. The summed E-state index contributed by atoms with van der Waals surface area (Å²) in [6.45, 7) is 4.32. The molecule has 0 spiro atoms. The minimum atomic E-state index is -3.48. The highest BCUT2D eigenvalue weighted by Crippen LogP contribution is 2.25. The highest BCUT2D eigenvalue weighted by atomic mass is 32.2. The molecule has 3 N–H and O–H groups in total. The van der Waals surface area contributed by atoms with E-state index in [2.05, 4.69) is 9.71 Å². The Morgan fingerprint density at radius 3 is 2.68 bits per heavy atom. The molecule has 0 aliphatic heterocycles. The van der Waals surface area contributed by atoms with Crippen LogP contribution in [0.15, 0.2) is 15.7 Å². The first-order chi connectivity index (χ1) is 8.92. The van der Waals surface area contributed by atoms with Gasteiger partial charge in [-0.05, 0) is 25.5 Å². The second-order valence-corrected chi connectivity index (χ2v) is 8.16. The largest absolute Gasteiger partial charge is 0.326 e. The lowest BCUT2D eigenvalue weighted by Gasteiger charge is -2.01. The maximum Gasteiger partial charge on any atom is 0.250 e. The van der Waals surface area contributed by atoms with Gasteiger partial charge in [0.25, 0.3) is 0 Å². The van der Waals surface area contributed by atoms with Crippen LogP contribution < -0.4 is 10.5 Å². The van der Waals surface area contributed by atoms with Crippen molar-refractivity contribution in [3.05, 3.63) is 32.6 Å². The smallest absolute Gasteiger partial charge is 0.250 e. The van der Waals surface area contributed by atoms with Crippen LogP contribution in [-0.4, -0.2) is 13.4 Å². The summed E-state index contributed by atoms with van der Waals surface area (Å²) in [5.41, 5.74) is 7.38. The van der Waals surface area contributed by atoms with Gasteiger partial charge >= 0.3 is 0 Å². The predicted molar refractivity (Wildman–Crippen MR) is 77.8 cm³/mol. The van der Waals surface area contributed by atoms with E-state index in [1.807, 2.05) is 19.2 Å². The molecule has 8 heteroatoms. The van der Waals surface area contributed by atoms with Gasteiger partial charge < -0.3 is 5.73 Å². The van der Waals surface area contributed by atoms with Gasteiger partial charge in [0.05, 0.1) is 6.54 Å². The zero-order valence-electron chi connectivity index (χ0n) is 10.6. The number of sulfonamides is 1. The van der Waals surface area contributed by atoms with Crippen molar-refractivity contribution in [1.82, 2.24) is 9.71 Å². The molecule has 0 aromatic carbocycles. The van der Waals surface area contributed by atoms with Crippen LogP contribution in [-0.2, 0) is 23.1 Å². The number of rotatable bonds is 5. The Hall–Kier alpha value is -0.800. The summed E-state index contributed by atoms with van der Waals surface area (Å²) in [6.07, 6.45) is 0. The van der Waals surface area contributed by atoms with Crippen molar-refractivity contribution in [2.45, 2.75) is 31.1 Å². The first kappa shape index (κ1) is 14.6. The Kier molecular flexibility index (Phi) is 4.36. The third-order valence-electron chi connectivity index (χ3n) is 2.53. The number of nitrogens with two attached hydrogens (primary N) is 1. The fourth-order valence-corrected chi connectivity index (χ4v) is 4.84. The third-order valence-corrected chi connectivity index (χ3v) is 6.63. The van der Waals surface area contributed by atoms with Crippen LogP contribution in [0.1, 0.15) is 21.1 Å². The lowest BCUT2D eigenvalue weighted by molar-refractivity contribution is 0.583. The summed E-state index contributed by atoms with van der Waals surface area (Å²) < 4.78 is 27.1. The Morgan fingerprint density at radius 1 is 1.42 bits per heavy atom. The van der Waals surface area contributed by atoms with Crippen LogP contribution in [0.4, 0.5) is 0 Å². The van der Waals surface area contributed by atoms with E-state index in [0.717, 1.165) is 21.1 Å². The number of hydrogen-bond donors (Lipinski definition) is 2. The normalized spacial score (nSPS) is 11.9. The van der Waals surface area contributed by atoms with E-state index in [9.17, 15) is 8.42 Å². The molecule has 0 unspecified atom stereocenters. The highest BCUT2D eigenvalue weighted by molar-refractivity contribution is 7.91. The summed E-state index contributed by atoms with van der Waals surface area (Å²) in [7, 11) is -3.48. The zero-order chi connectivity index (χ0) is 14.0. The van der Waals surface area contributed by atoms with E-state index in [1.54, 1.807) is 6.07 Å². The van der Waals surface area contributed by atoms with E-state index < -0.39 is 10.0 Å². The molecular weight excluding hydrogens is 302 g/mol. The lowest BCUT2D eigenvalue weighted by Crippen LogP contribution is -2.22. The van der Waals surface area contributed by atoms with Crippen LogP contribution in [0.2, 0.25) is 0 Å². The standard InChI is InChI=1S/C11H15N3O2S3/c1-7-3-11(18-9(7)4-12)19(15,16)13-5-10-14-8(2)6-17-10/h3,6,13H,4-5,12H2,1-2H3. The lowest BCUT2D eigenvalue weighted by atomic mass is 10.3. The molecule has 0 saturated carbocycles. The van der Waals surface area contributed by atoms with Crippen LogP contribution >= 0.6 is 22.7 Å². The monoisotopic (exact) mass is 317 g/mol. The van der Waals surface area contributed by atoms with Crippen molar-refractivity contribution in [3.63, 3.8) is 0 Å². The molecule has 0 radical (unpaired) electrons. The average molecular weight is 317 g/mol. The molecule has 2 heterocycles. The molecule has 2 aromatic rings. The number of hydrogen-bond acceptors (Lipinski definition) is 6. The van der Waals surface area contributed by atoms with Gasteiger partial charge in [-0.15, -0.1) is 22.7 Å². The molecule has 2 aromatic heterocycles. The number of nitrogens with one attached hydrogen (secondary N) is 1. The summed E-state index contributed by atoms with van der Waals surface area (Å²) >= 11 is 2.66. The quantitative estimate of drug-likeness (QED) is 0.880. The van der Waals surface area contributed by atoms with Crippen LogP contribution in [0.25, 0.3) is 0 Å². The Labute approximate surface area is 120 Å². The molecule has 5 nitrogen and oxygen atoms in total. The number of thiophene rings is 1. The summed E-state index contributed by atoms with van der Waals surface area (Å²) in [5.74, 6) is 0. The van der Waals surface area contributed by atoms with E-state index in [1.165, 1.54) is 22.7 Å². The first-order valence-electron chi connectivity index (χ1n) is 5.62. The van der Waals surface area contributed by atoms with E-state index in [-0.39, 0.29) is 6.54 Å². The molecule has 0 saturated heterocycles. The molecule has 104 valence electrons. The van der Waals surface area contributed by atoms with E-state index in [0.29, 0.717) is 10.8 Å². The number of aromatic nitrogens is 1. The summed E-state index contributed by atoms with van der Waals surface area (Å²) in [4.78, 5) is 5.12. The molecular formula is C11H15N3O2S3. The van der Waals surface area contributed by atoms with Gasteiger partial charge in [-0.25, -0.2) is 18.1 Å². The van der Waals surface area contributed by atoms with Crippen molar-refractivity contribution < 1.29 is 8.42 Å². The molecule has 0 amide bonds. The van der Waals surface area contributed by atoms with Crippen LogP contribution in [0.5, 0.6) is 0 Å². The number of aryl methyl sites for hydroxylation is 2. The van der Waals surface area contributed by atoms with Crippen molar-refractivity contribution in [1.29, 1.82) is 0 Å². The van der Waals surface area contributed by atoms with Gasteiger partial charge in [0.2, 0.25) is 10.0 Å². The van der Waals surface area contributed by atoms with Gasteiger partial charge in [-0.3, -0.25) is 0 Å². The minimum Gasteiger partial charge on any atom is -0.326 e. The first-order valence-corrected chi connectivity index (χ1v) is 8.80. The summed E-state index contributed by atoms with van der Waals surface area (Å²) in [5, 5.41) is 2.65. The molecule has 0 atom stereocenters. The number of thiazole rings is 1. The van der Waals surface area contributed by atoms with E-state index >= 15 is 0 Å². The fourth-order valence-electron chi connectivity index (χ4n) is 1.54. The molecule has 0 aliphatic rings. The maximum atomic E-state index is 12.1. The Bertz CT molecular complexity index is 673. The van der Waals surface area contributed by atoms with Gasteiger partial charge in [-0.1, -0.05) is 0 Å². The topological polar surface area (TPSA) is 85.1 Å². The van der Waals surface area contributed by atoms with Crippen molar-refractivity contribution in [3.8, 4) is 0 Å². The highest BCUT2D eigenvalue weighted by Gasteiger charge is 2.18. The SMILES string of the molecule is Cc1csc(CNS(=O)(=O)c2cc(C)c(CN)s2)n1. The molecule has 0 bridgehead atoms. The van der Waals surface area contributed by atoms with Crippen molar-refractivity contribution in [2.24, 2.45) is 5.73 Å². The van der Waals surface area contributed by atoms with Gasteiger partial charge in [0, 0.05) is 22.5 Å². The molecule has 2 rings (SSSR count). The van der Waals surface area contributed by atoms with E-state index in [4.69, 9.17) is 5.73 Å². The van der Waals surface area contributed by atoms with Crippen molar-refractivity contribution in [2.75, 3.05) is 0 Å². The maximum absolute atomic E-state index is 12.1. The van der Waals surface area contributed by atoms with Gasteiger partial charge in [0.15, 0.2) is 0 Å². The van der Waals surface area contributed by atoms with Crippen molar-refractivity contribution >= 4 is 32.7 Å². The predicted octanol–water partition coefficient (Wildman–Crippen LogP) is 1.76. The number of nitrogens with zero attached hydrogens (tertiary/aromatic N) is 1. The molecule has 0 aliphatic carbocycles. The van der Waals surface area contributed by atoms with Gasteiger partial charge in [-0.2, -0.15) is 0 Å². The Morgan fingerprint density at radius 2 is 2.16 bits per heavy atom. The average Bonchev–Trinajstić information content (AvgIpc) is 2.93. The fraction of sp³-hybridized carbons (Fsp3) is 0.364. The minimum absolute atomic E-state index is 0.218. The van der Waals surface area contributed by atoms with Crippen LogP contribution in [0, 0.1) is 13.8 Å². The zero-order valence-corrected chi connectivity index (χ0v) is 13.1. The third kappa shape index (κ3) is 3.40. The van der Waals surface area contributed by atoms with Crippen LogP contribution in [0.3, 0.4) is 0 Å². The summed E-state index contributed by atoms with van der Waals surface area (Å²) in [6, 6.07) is 1.66. The molecule has 19 heavy (non-hydrogen) atoms. The second kappa shape index (κ2) is 5.68. The second-order valence-electron chi connectivity index (χ2n) is 4.08. The Balaban J connectivity index is 2.13. The van der Waals surface area contributed by atoms with Gasteiger partial charge in [0.1, 0.15) is 9.22 Å².